The first-order valence-electron chi connectivity index (χ1n) is 10.1. The number of benzene rings is 2. The summed E-state index contributed by atoms with van der Waals surface area (Å²) in [7, 11) is -3.92. The third-order valence-corrected chi connectivity index (χ3v) is 6.82. The number of hydrogen-bond acceptors (Lipinski definition) is 3. The van der Waals surface area contributed by atoms with Crippen LogP contribution in [0.15, 0.2) is 57.8 Å². The molecule has 0 aliphatic heterocycles. The van der Waals surface area contributed by atoms with Gasteiger partial charge in [0, 0.05) is 23.1 Å². The molecule has 2 aromatic rings. The molecule has 30 heavy (non-hydrogen) atoms. The second-order valence-corrected chi connectivity index (χ2v) is 9.20. The van der Waals surface area contributed by atoms with Crippen LogP contribution in [-0.2, 0) is 10.0 Å². The molecule has 5 nitrogen and oxygen atoms in total. The van der Waals surface area contributed by atoms with Crippen LogP contribution in [0.4, 0.5) is 0 Å². The van der Waals surface area contributed by atoms with Crippen molar-refractivity contribution in [1.82, 2.24) is 9.80 Å². The second kappa shape index (κ2) is 11.1. The molecule has 0 aliphatic rings. The molecule has 8 heteroatoms. The van der Waals surface area contributed by atoms with Crippen molar-refractivity contribution in [2.24, 2.45) is 4.40 Å². The van der Waals surface area contributed by atoms with Crippen LogP contribution >= 0.6 is 23.2 Å². The number of rotatable bonds is 9. The molecule has 1 atom stereocenters. The summed E-state index contributed by atoms with van der Waals surface area (Å²) in [5.41, 5.74) is 0.944. The zero-order valence-corrected chi connectivity index (χ0v) is 20.2. The van der Waals surface area contributed by atoms with Gasteiger partial charge in [0.2, 0.25) is 0 Å². The number of hydrogen-bond donors (Lipinski definition) is 0. The molecule has 0 spiro atoms. The number of halogens is 2. The van der Waals surface area contributed by atoms with Gasteiger partial charge in [-0.25, -0.2) is 0 Å². The van der Waals surface area contributed by atoms with Gasteiger partial charge in [-0.05, 0) is 68.9 Å². The normalized spacial score (nSPS) is 13.5. The molecule has 0 fully saturated rings. The quantitative estimate of drug-likeness (QED) is 0.359. The van der Waals surface area contributed by atoms with Gasteiger partial charge < -0.3 is 4.90 Å². The van der Waals surface area contributed by atoms with Crippen LogP contribution in [0.2, 0.25) is 10.0 Å². The van der Waals surface area contributed by atoms with Gasteiger partial charge in [0.05, 0.1) is 10.9 Å². The highest BCUT2D eigenvalue weighted by Crippen LogP contribution is 2.27. The second-order valence-electron chi connectivity index (χ2n) is 6.73. The summed E-state index contributed by atoms with van der Waals surface area (Å²) in [4.78, 5) is 4.30. The van der Waals surface area contributed by atoms with E-state index in [0.717, 1.165) is 18.7 Å². The Morgan fingerprint density at radius 1 is 0.833 bits per heavy atom. The molecule has 0 heterocycles. The average molecular weight is 470 g/mol. The van der Waals surface area contributed by atoms with E-state index < -0.39 is 10.0 Å². The van der Waals surface area contributed by atoms with Crippen LogP contribution < -0.4 is 0 Å². The van der Waals surface area contributed by atoms with Crippen molar-refractivity contribution < 1.29 is 8.42 Å². The van der Waals surface area contributed by atoms with Crippen LogP contribution in [0.25, 0.3) is 0 Å². The van der Waals surface area contributed by atoms with Gasteiger partial charge in [-0.1, -0.05) is 49.2 Å². The lowest BCUT2D eigenvalue weighted by Gasteiger charge is -2.36. The van der Waals surface area contributed by atoms with Gasteiger partial charge in [0.1, 0.15) is 5.84 Å². The predicted molar refractivity (Wildman–Crippen MR) is 126 cm³/mol. The van der Waals surface area contributed by atoms with Gasteiger partial charge in [-0.3, -0.25) is 4.90 Å². The Morgan fingerprint density at radius 3 is 1.73 bits per heavy atom. The summed E-state index contributed by atoms with van der Waals surface area (Å²) >= 11 is 12.0. The van der Waals surface area contributed by atoms with Gasteiger partial charge >= 0.3 is 0 Å². The van der Waals surface area contributed by atoms with Crippen molar-refractivity contribution in [3.8, 4) is 0 Å². The minimum Gasteiger partial charge on any atom is -0.358 e. The van der Waals surface area contributed by atoms with Crippen LogP contribution in [0.3, 0.4) is 0 Å². The van der Waals surface area contributed by atoms with Crippen molar-refractivity contribution in [3.63, 3.8) is 0 Å². The van der Waals surface area contributed by atoms with E-state index in [2.05, 4.69) is 23.1 Å². The molecule has 0 saturated heterocycles. The molecule has 2 rings (SSSR count). The first-order valence-corrected chi connectivity index (χ1v) is 12.3. The maximum Gasteiger partial charge on any atom is 0.284 e. The predicted octanol–water partition coefficient (Wildman–Crippen LogP) is 5.51. The topological polar surface area (TPSA) is 53.0 Å². The molecule has 164 valence electrons. The summed E-state index contributed by atoms with van der Waals surface area (Å²) in [6.45, 7) is 10.9. The molecule has 1 unspecified atom stereocenters. The highest BCUT2D eigenvalue weighted by atomic mass is 35.5. The zero-order valence-electron chi connectivity index (χ0n) is 17.8. The molecule has 2 aromatic carbocycles. The largest absolute Gasteiger partial charge is 0.358 e. The molecule has 0 amide bonds. The van der Waals surface area contributed by atoms with Crippen molar-refractivity contribution >= 4 is 39.1 Å². The minimum absolute atomic E-state index is 0.117. The van der Waals surface area contributed by atoms with Crippen molar-refractivity contribution in [2.45, 2.75) is 38.6 Å². The maximum atomic E-state index is 13.2. The van der Waals surface area contributed by atoms with E-state index >= 15 is 0 Å². The van der Waals surface area contributed by atoms with Crippen LogP contribution in [0.5, 0.6) is 0 Å². The number of amidine groups is 1. The Morgan fingerprint density at radius 2 is 1.30 bits per heavy atom. The highest BCUT2D eigenvalue weighted by molar-refractivity contribution is 7.90. The van der Waals surface area contributed by atoms with E-state index in [9.17, 15) is 8.42 Å². The summed E-state index contributed by atoms with van der Waals surface area (Å²) < 4.78 is 30.7. The maximum absolute atomic E-state index is 13.2. The fourth-order valence-electron chi connectivity index (χ4n) is 3.37. The Labute approximate surface area is 190 Å². The van der Waals surface area contributed by atoms with E-state index in [1.54, 1.807) is 12.1 Å². The van der Waals surface area contributed by atoms with Gasteiger partial charge in [0.15, 0.2) is 0 Å². The monoisotopic (exact) mass is 469 g/mol. The van der Waals surface area contributed by atoms with Crippen molar-refractivity contribution in [1.29, 1.82) is 0 Å². The Hall–Kier alpha value is -1.60. The Bertz CT molecular complexity index is 937. The third kappa shape index (κ3) is 5.97. The zero-order chi connectivity index (χ0) is 22.3. The lowest BCUT2D eigenvalue weighted by atomic mass is 10.0. The SMILES string of the molecule is CCN(CC)/C(=N\S(=O)(=O)c1ccc(Cl)cc1)C(c1ccc(Cl)cc1)N(CC)CC. The smallest absolute Gasteiger partial charge is 0.284 e. The van der Waals surface area contributed by atoms with E-state index in [4.69, 9.17) is 23.2 Å². The summed E-state index contributed by atoms with van der Waals surface area (Å²) in [5.74, 6) is 0.501. The fourth-order valence-corrected chi connectivity index (χ4v) is 4.67. The third-order valence-electron chi connectivity index (χ3n) is 5.02. The van der Waals surface area contributed by atoms with Crippen LogP contribution in [-0.4, -0.2) is 50.2 Å². The first-order chi connectivity index (χ1) is 14.3. The molecule has 0 bridgehead atoms. The highest BCUT2D eigenvalue weighted by Gasteiger charge is 2.29. The van der Waals surface area contributed by atoms with Crippen LogP contribution in [0.1, 0.15) is 39.3 Å². The average Bonchev–Trinajstić information content (AvgIpc) is 2.73. The number of sulfonamides is 1. The Balaban J connectivity index is 2.70. The molecular formula is C22H29Cl2N3O2S. The van der Waals surface area contributed by atoms with Crippen molar-refractivity contribution in [2.75, 3.05) is 26.2 Å². The molecule has 0 N–H and O–H groups in total. The number of likely N-dealkylation sites (N-methyl/N-ethyl adjacent to an activating group) is 2. The minimum atomic E-state index is -3.92. The standard InChI is InChI=1S/C22H29Cl2N3O2S/c1-5-26(6-2)21(17-9-11-18(23)12-10-17)22(27(7-3)8-4)25-30(28,29)20-15-13-19(24)14-16-20/h9-16,21H,5-8H2,1-4H3/b25-22-. The first kappa shape index (κ1) is 24.7. The molecule has 0 aliphatic carbocycles. The molecular weight excluding hydrogens is 441 g/mol. The van der Waals surface area contributed by atoms with Crippen molar-refractivity contribution in [3.05, 3.63) is 64.1 Å². The van der Waals surface area contributed by atoms with E-state index in [-0.39, 0.29) is 10.9 Å². The lowest BCUT2D eigenvalue weighted by molar-refractivity contribution is 0.252. The van der Waals surface area contributed by atoms with Gasteiger partial charge in [0.25, 0.3) is 10.0 Å². The molecule has 0 radical (unpaired) electrons. The van der Waals surface area contributed by atoms with E-state index in [0.29, 0.717) is 29.0 Å². The summed E-state index contributed by atoms with van der Waals surface area (Å²) in [6, 6.07) is 13.3. The summed E-state index contributed by atoms with van der Waals surface area (Å²) in [5, 5.41) is 1.11. The summed E-state index contributed by atoms with van der Waals surface area (Å²) in [6.07, 6.45) is 0. The molecule has 0 saturated carbocycles. The van der Waals surface area contributed by atoms with E-state index in [1.165, 1.54) is 12.1 Å². The van der Waals surface area contributed by atoms with Crippen LogP contribution in [0, 0.1) is 0 Å². The molecule has 0 aromatic heterocycles. The fraction of sp³-hybridized carbons (Fsp3) is 0.409. The Kier molecular flexibility index (Phi) is 9.16. The number of nitrogens with zero attached hydrogens (tertiary/aromatic N) is 3. The lowest BCUT2D eigenvalue weighted by Crippen LogP contribution is -2.43. The van der Waals surface area contributed by atoms with Gasteiger partial charge in [-0.2, -0.15) is 8.42 Å². The van der Waals surface area contributed by atoms with E-state index in [1.807, 2.05) is 43.0 Å². The van der Waals surface area contributed by atoms with Gasteiger partial charge in [-0.15, -0.1) is 4.40 Å².